The summed E-state index contributed by atoms with van der Waals surface area (Å²) in [6, 6.07) is 6.49. The lowest BCUT2D eigenvalue weighted by Crippen LogP contribution is -2.12. The first-order valence-corrected chi connectivity index (χ1v) is 6.15. The van der Waals surface area contributed by atoms with Crippen molar-refractivity contribution in [2.75, 3.05) is 0 Å². The van der Waals surface area contributed by atoms with Crippen molar-refractivity contribution >= 4 is 38.4 Å². The molecule has 90 valence electrons. The molecule has 0 atom stereocenters. The zero-order valence-corrected chi connectivity index (χ0v) is 10.7. The van der Waals surface area contributed by atoms with Gasteiger partial charge in [0.1, 0.15) is 0 Å². The van der Waals surface area contributed by atoms with Gasteiger partial charge in [0.15, 0.2) is 5.69 Å². The van der Waals surface area contributed by atoms with Gasteiger partial charge in [0.05, 0.1) is 10.5 Å². The van der Waals surface area contributed by atoms with Gasteiger partial charge in [-0.05, 0) is 6.07 Å². The molecule has 0 unspecified atom stereocenters. The largest absolute Gasteiger partial charge is 0.433 e. The van der Waals surface area contributed by atoms with Crippen LogP contribution in [0.1, 0.15) is 11.3 Å². The van der Waals surface area contributed by atoms with E-state index in [0.29, 0.717) is 5.39 Å². The first kappa shape index (κ1) is 12.6. The van der Waals surface area contributed by atoms with E-state index >= 15 is 0 Å². The standard InChI is InChI=1S/C11H6BrClF3N/c12-5-7-9(13)6-3-1-2-4-8(6)17-10(7)11(14,15)16/h1-4H,5H2. The van der Waals surface area contributed by atoms with E-state index in [0.717, 1.165) is 0 Å². The van der Waals surface area contributed by atoms with E-state index in [2.05, 4.69) is 20.9 Å². The summed E-state index contributed by atoms with van der Waals surface area (Å²) in [5.41, 5.74) is -0.717. The quantitative estimate of drug-likeness (QED) is 0.687. The van der Waals surface area contributed by atoms with Gasteiger partial charge in [-0.15, -0.1) is 0 Å². The number of halogens is 5. The SMILES string of the molecule is FC(F)(F)c1nc2ccccc2c(Cl)c1CBr. The topological polar surface area (TPSA) is 12.9 Å². The third kappa shape index (κ3) is 2.26. The van der Waals surface area contributed by atoms with Crippen molar-refractivity contribution in [3.63, 3.8) is 0 Å². The third-order valence-electron chi connectivity index (χ3n) is 2.33. The Bertz CT molecular complexity index is 568. The van der Waals surface area contributed by atoms with E-state index in [-0.39, 0.29) is 21.4 Å². The first-order chi connectivity index (χ1) is 7.95. The van der Waals surface area contributed by atoms with Crippen LogP contribution in [0, 0.1) is 0 Å². The highest BCUT2D eigenvalue weighted by molar-refractivity contribution is 9.08. The minimum Gasteiger partial charge on any atom is -0.243 e. The van der Waals surface area contributed by atoms with Crippen LogP contribution < -0.4 is 0 Å². The highest BCUT2D eigenvalue weighted by atomic mass is 79.9. The Morgan fingerprint density at radius 1 is 1.24 bits per heavy atom. The maximum atomic E-state index is 12.8. The molecule has 0 radical (unpaired) electrons. The average molecular weight is 325 g/mol. The summed E-state index contributed by atoms with van der Waals surface area (Å²) < 4.78 is 38.4. The molecule has 1 aromatic carbocycles. The van der Waals surface area contributed by atoms with E-state index in [1.165, 1.54) is 6.07 Å². The minimum absolute atomic E-state index is 0.0124. The van der Waals surface area contributed by atoms with Crippen LogP contribution in [0.25, 0.3) is 10.9 Å². The fourth-order valence-corrected chi connectivity index (χ4v) is 2.59. The van der Waals surface area contributed by atoms with Gasteiger partial charge in [-0.25, -0.2) is 4.98 Å². The number of hydrogen-bond donors (Lipinski definition) is 0. The summed E-state index contributed by atoms with van der Waals surface area (Å²) in [7, 11) is 0. The molecular weight excluding hydrogens is 318 g/mol. The predicted octanol–water partition coefficient (Wildman–Crippen LogP) is 4.80. The van der Waals surface area contributed by atoms with Gasteiger partial charge in [0.2, 0.25) is 0 Å². The molecular formula is C11H6BrClF3N. The second-order valence-electron chi connectivity index (χ2n) is 3.40. The molecule has 17 heavy (non-hydrogen) atoms. The lowest BCUT2D eigenvalue weighted by Gasteiger charge is -2.13. The molecule has 0 saturated heterocycles. The van der Waals surface area contributed by atoms with E-state index in [9.17, 15) is 13.2 Å². The number of aromatic nitrogens is 1. The summed E-state index contributed by atoms with van der Waals surface area (Å²) in [4.78, 5) is 3.64. The number of alkyl halides is 4. The Kier molecular flexibility index (Phi) is 3.32. The Morgan fingerprint density at radius 2 is 1.88 bits per heavy atom. The van der Waals surface area contributed by atoms with Crippen molar-refractivity contribution in [3.8, 4) is 0 Å². The van der Waals surface area contributed by atoms with Crippen molar-refractivity contribution < 1.29 is 13.2 Å². The molecule has 0 aliphatic carbocycles. The van der Waals surface area contributed by atoms with E-state index in [4.69, 9.17) is 11.6 Å². The van der Waals surface area contributed by atoms with E-state index in [1.54, 1.807) is 18.2 Å². The number of nitrogens with zero attached hydrogens (tertiary/aromatic N) is 1. The van der Waals surface area contributed by atoms with Crippen molar-refractivity contribution in [2.24, 2.45) is 0 Å². The number of hydrogen-bond acceptors (Lipinski definition) is 1. The van der Waals surface area contributed by atoms with Crippen LogP contribution >= 0.6 is 27.5 Å². The summed E-state index contributed by atoms with van der Waals surface area (Å²) in [6.07, 6.45) is -4.50. The Morgan fingerprint density at radius 3 is 2.47 bits per heavy atom. The Balaban J connectivity index is 2.85. The lowest BCUT2D eigenvalue weighted by molar-refractivity contribution is -0.141. The maximum absolute atomic E-state index is 12.8. The number of pyridine rings is 1. The lowest BCUT2D eigenvalue weighted by atomic mass is 10.1. The third-order valence-corrected chi connectivity index (χ3v) is 3.32. The minimum atomic E-state index is -4.50. The molecule has 0 N–H and O–H groups in total. The normalized spacial score (nSPS) is 12.1. The first-order valence-electron chi connectivity index (χ1n) is 4.65. The van der Waals surface area contributed by atoms with Gasteiger partial charge in [0, 0.05) is 16.3 Å². The molecule has 2 aromatic rings. The van der Waals surface area contributed by atoms with Crippen LogP contribution in [0.2, 0.25) is 5.02 Å². The second-order valence-corrected chi connectivity index (χ2v) is 4.34. The fourth-order valence-electron chi connectivity index (χ4n) is 1.57. The molecule has 6 heteroatoms. The van der Waals surface area contributed by atoms with Crippen molar-refractivity contribution in [2.45, 2.75) is 11.5 Å². The molecule has 0 aliphatic rings. The van der Waals surface area contributed by atoms with Gasteiger partial charge in [-0.3, -0.25) is 0 Å². The molecule has 0 fully saturated rings. The van der Waals surface area contributed by atoms with Crippen LogP contribution in [0.4, 0.5) is 13.2 Å². The van der Waals surface area contributed by atoms with Crippen molar-refractivity contribution in [1.29, 1.82) is 0 Å². The molecule has 2 rings (SSSR count). The van der Waals surface area contributed by atoms with Crippen LogP contribution in [0.3, 0.4) is 0 Å². The summed E-state index contributed by atoms with van der Waals surface area (Å²) >= 11 is 9.00. The summed E-state index contributed by atoms with van der Waals surface area (Å²) in [5, 5.41) is 0.634. The van der Waals surface area contributed by atoms with Crippen LogP contribution in [0.15, 0.2) is 24.3 Å². The predicted molar refractivity (Wildman–Crippen MR) is 64.4 cm³/mol. The highest BCUT2D eigenvalue weighted by Gasteiger charge is 2.36. The monoisotopic (exact) mass is 323 g/mol. The smallest absolute Gasteiger partial charge is 0.243 e. The molecule has 0 aliphatic heterocycles. The fraction of sp³-hybridized carbons (Fsp3) is 0.182. The number of rotatable bonds is 1. The zero-order valence-electron chi connectivity index (χ0n) is 8.35. The molecule has 1 heterocycles. The van der Waals surface area contributed by atoms with Crippen molar-refractivity contribution in [3.05, 3.63) is 40.5 Å². The Hall–Kier alpha value is -0.810. The second kappa shape index (κ2) is 4.46. The molecule has 0 bridgehead atoms. The number of fused-ring (bicyclic) bond motifs is 1. The van der Waals surface area contributed by atoms with Crippen LogP contribution in [0.5, 0.6) is 0 Å². The Labute approximate surface area is 109 Å². The summed E-state index contributed by atoms with van der Waals surface area (Å²) in [5.74, 6) is 0. The number of benzene rings is 1. The van der Waals surface area contributed by atoms with Gasteiger partial charge < -0.3 is 0 Å². The highest BCUT2D eigenvalue weighted by Crippen LogP contribution is 2.37. The van der Waals surface area contributed by atoms with E-state index < -0.39 is 11.9 Å². The molecule has 1 nitrogen and oxygen atoms in total. The van der Waals surface area contributed by atoms with Gasteiger partial charge in [0.25, 0.3) is 0 Å². The molecule has 0 saturated carbocycles. The van der Waals surface area contributed by atoms with Crippen LogP contribution in [-0.2, 0) is 11.5 Å². The van der Waals surface area contributed by atoms with Gasteiger partial charge >= 0.3 is 6.18 Å². The van der Waals surface area contributed by atoms with E-state index in [1.807, 2.05) is 0 Å². The zero-order chi connectivity index (χ0) is 12.6. The van der Waals surface area contributed by atoms with Gasteiger partial charge in [-0.2, -0.15) is 13.2 Å². The molecule has 0 amide bonds. The number of para-hydroxylation sites is 1. The summed E-state index contributed by atoms with van der Waals surface area (Å²) in [6.45, 7) is 0. The molecule has 0 spiro atoms. The van der Waals surface area contributed by atoms with Crippen molar-refractivity contribution in [1.82, 2.24) is 4.98 Å². The molecule has 1 aromatic heterocycles. The average Bonchev–Trinajstić information content (AvgIpc) is 2.28. The van der Waals surface area contributed by atoms with Gasteiger partial charge in [-0.1, -0.05) is 45.7 Å². The maximum Gasteiger partial charge on any atom is 0.433 e. The van der Waals surface area contributed by atoms with Crippen LogP contribution in [-0.4, -0.2) is 4.98 Å².